The number of thioether (sulfide) groups is 1. The van der Waals surface area contributed by atoms with Crippen molar-refractivity contribution >= 4 is 34.8 Å². The smallest absolute Gasteiger partial charge is 0.414 e. The predicted molar refractivity (Wildman–Crippen MR) is 84.3 cm³/mol. The van der Waals surface area contributed by atoms with Gasteiger partial charge in [0.2, 0.25) is 5.89 Å². The van der Waals surface area contributed by atoms with Crippen LogP contribution in [0.4, 0.5) is 0 Å². The van der Waals surface area contributed by atoms with Crippen molar-refractivity contribution in [1.82, 2.24) is 9.97 Å². The van der Waals surface area contributed by atoms with Gasteiger partial charge in [-0.05, 0) is 30.5 Å². The Kier molecular flexibility index (Phi) is 5.32. The molecule has 118 valence electrons. The van der Waals surface area contributed by atoms with Gasteiger partial charge < -0.3 is 14.6 Å². The molecule has 3 rings (SSSR count). The highest BCUT2D eigenvalue weighted by molar-refractivity contribution is 7.98. The summed E-state index contributed by atoms with van der Waals surface area (Å²) in [6, 6.07) is 11.7. The molecule has 0 aliphatic heterocycles. The van der Waals surface area contributed by atoms with Crippen molar-refractivity contribution in [2.75, 3.05) is 6.26 Å². The fourth-order valence-electron chi connectivity index (χ4n) is 1.69. The Morgan fingerprint density at radius 1 is 1.09 bits per heavy atom. The lowest BCUT2D eigenvalue weighted by molar-refractivity contribution is -0.159. The van der Waals surface area contributed by atoms with Crippen LogP contribution in [0.25, 0.3) is 22.7 Å². The lowest BCUT2D eigenvalue weighted by atomic mass is 10.3. The third-order valence-electron chi connectivity index (χ3n) is 2.67. The lowest BCUT2D eigenvalue weighted by Gasteiger charge is -2.00. The molecule has 2 N–H and O–H groups in total. The largest absolute Gasteiger partial charge is 0.473 e. The summed E-state index contributed by atoms with van der Waals surface area (Å²) >= 11 is 1.64. The van der Waals surface area contributed by atoms with Crippen LogP contribution < -0.4 is 0 Å². The Morgan fingerprint density at radius 2 is 1.78 bits per heavy atom. The number of pyridine rings is 1. The van der Waals surface area contributed by atoms with Crippen LogP contribution in [0.2, 0.25) is 0 Å². The molecule has 0 unspecified atom stereocenters. The maximum atomic E-state index is 9.10. The lowest BCUT2D eigenvalue weighted by Crippen LogP contribution is -2.09. The van der Waals surface area contributed by atoms with Crippen molar-refractivity contribution in [2.45, 2.75) is 4.90 Å². The highest BCUT2D eigenvalue weighted by Crippen LogP contribution is 2.29. The minimum atomic E-state index is -1.82. The molecular weight excluding hydrogens is 320 g/mol. The summed E-state index contributed by atoms with van der Waals surface area (Å²) in [5.74, 6) is -3.07. The number of oxazole rings is 1. The van der Waals surface area contributed by atoms with Gasteiger partial charge in [0.15, 0.2) is 5.58 Å². The minimum Gasteiger partial charge on any atom is -0.473 e. The van der Waals surface area contributed by atoms with Gasteiger partial charge in [0.1, 0.15) is 11.2 Å². The third kappa shape index (κ3) is 4.07. The zero-order valence-corrected chi connectivity index (χ0v) is 12.8. The normalized spacial score (nSPS) is 9.96. The highest BCUT2D eigenvalue weighted by Gasteiger charge is 2.12. The molecule has 2 aromatic heterocycles. The topological polar surface area (TPSA) is 114 Å². The van der Waals surface area contributed by atoms with Gasteiger partial charge in [0, 0.05) is 11.1 Å². The number of benzene rings is 1. The van der Waals surface area contributed by atoms with E-state index in [9.17, 15) is 0 Å². The molecule has 0 spiro atoms. The first-order valence-electron chi connectivity index (χ1n) is 6.34. The van der Waals surface area contributed by atoms with E-state index < -0.39 is 11.9 Å². The van der Waals surface area contributed by atoms with Gasteiger partial charge in [-0.15, -0.1) is 11.8 Å². The van der Waals surface area contributed by atoms with Crippen molar-refractivity contribution in [3.05, 3.63) is 42.6 Å². The van der Waals surface area contributed by atoms with Crippen molar-refractivity contribution in [3.63, 3.8) is 0 Å². The van der Waals surface area contributed by atoms with Crippen LogP contribution in [-0.2, 0) is 9.59 Å². The molecule has 0 radical (unpaired) electrons. The second kappa shape index (κ2) is 7.41. The number of rotatable bonds is 2. The number of aliphatic carboxylic acids is 2. The number of fused-ring (bicyclic) bond motifs is 1. The minimum absolute atomic E-state index is 0.580. The van der Waals surface area contributed by atoms with Gasteiger partial charge in [-0.2, -0.15) is 0 Å². The van der Waals surface area contributed by atoms with E-state index in [1.807, 2.05) is 42.7 Å². The summed E-state index contributed by atoms with van der Waals surface area (Å²) in [6.07, 6.45) is 3.77. The number of carboxylic acids is 2. The van der Waals surface area contributed by atoms with E-state index in [1.165, 1.54) is 0 Å². The summed E-state index contributed by atoms with van der Waals surface area (Å²) in [6.45, 7) is 0. The van der Waals surface area contributed by atoms with E-state index in [2.05, 4.69) is 9.97 Å². The average Bonchev–Trinajstić information content (AvgIpc) is 2.99. The van der Waals surface area contributed by atoms with Crippen LogP contribution in [-0.4, -0.2) is 38.4 Å². The first-order valence-corrected chi connectivity index (χ1v) is 7.56. The van der Waals surface area contributed by atoms with Crippen molar-refractivity contribution in [1.29, 1.82) is 0 Å². The summed E-state index contributed by atoms with van der Waals surface area (Å²) in [5.41, 5.74) is 2.46. The van der Waals surface area contributed by atoms with Crippen LogP contribution in [0, 0.1) is 0 Å². The van der Waals surface area contributed by atoms with Crippen LogP contribution in [0.15, 0.2) is 51.9 Å². The Balaban J connectivity index is 0.000000277. The Bertz CT molecular complexity index is 802. The maximum absolute atomic E-state index is 9.10. The van der Waals surface area contributed by atoms with Crippen molar-refractivity contribution in [3.8, 4) is 11.6 Å². The van der Waals surface area contributed by atoms with E-state index in [-0.39, 0.29) is 0 Å². The molecule has 1 aromatic carbocycles. The Labute approximate surface area is 135 Å². The standard InChI is InChI=1S/C13H10N2OS.C2H2O4/c1-17-11-7-4-8-14-12(11)13-15-9-5-2-3-6-10(9)16-13;3-1(4)2(5)6/h2-8H,1H3;(H,3,4)(H,5,6). The molecule has 0 saturated carbocycles. The quantitative estimate of drug-likeness (QED) is 0.544. The van der Waals surface area contributed by atoms with Gasteiger partial charge in [0.05, 0.1) is 0 Å². The van der Waals surface area contributed by atoms with Crippen LogP contribution in [0.3, 0.4) is 0 Å². The monoisotopic (exact) mass is 332 g/mol. The molecule has 0 fully saturated rings. The number of para-hydroxylation sites is 2. The SMILES string of the molecule is CSc1cccnc1-c1nc2ccccc2o1.O=C(O)C(=O)O. The Morgan fingerprint density at radius 3 is 2.39 bits per heavy atom. The van der Waals surface area contributed by atoms with Gasteiger partial charge in [0.25, 0.3) is 0 Å². The van der Waals surface area contributed by atoms with Gasteiger partial charge >= 0.3 is 11.9 Å². The molecular formula is C15H12N2O5S. The summed E-state index contributed by atoms with van der Waals surface area (Å²) in [5, 5.41) is 14.8. The number of carboxylic acid groups (broad SMARTS) is 2. The second-order valence-corrected chi connectivity index (χ2v) is 5.00. The molecule has 0 saturated heterocycles. The van der Waals surface area contributed by atoms with Gasteiger partial charge in [-0.3, -0.25) is 0 Å². The van der Waals surface area contributed by atoms with E-state index >= 15 is 0 Å². The fourth-order valence-corrected chi connectivity index (χ4v) is 2.24. The molecule has 0 aliphatic carbocycles. The first kappa shape index (κ1) is 16.5. The summed E-state index contributed by atoms with van der Waals surface area (Å²) in [4.78, 5) is 28.1. The van der Waals surface area contributed by atoms with Gasteiger partial charge in [-0.1, -0.05) is 12.1 Å². The molecule has 7 nitrogen and oxygen atoms in total. The van der Waals surface area contributed by atoms with Crippen LogP contribution in [0.5, 0.6) is 0 Å². The van der Waals surface area contributed by atoms with E-state index in [4.69, 9.17) is 24.2 Å². The summed E-state index contributed by atoms with van der Waals surface area (Å²) in [7, 11) is 0. The van der Waals surface area contributed by atoms with Crippen LogP contribution in [0.1, 0.15) is 0 Å². The second-order valence-electron chi connectivity index (χ2n) is 4.15. The van der Waals surface area contributed by atoms with Gasteiger partial charge in [-0.25, -0.2) is 19.6 Å². The molecule has 0 atom stereocenters. The van der Waals surface area contributed by atoms with E-state index in [0.29, 0.717) is 5.89 Å². The zero-order valence-electron chi connectivity index (χ0n) is 12.0. The molecule has 23 heavy (non-hydrogen) atoms. The first-order chi connectivity index (χ1) is 11.0. The number of aromatic nitrogens is 2. The number of nitrogens with zero attached hydrogens (tertiary/aromatic N) is 2. The molecule has 2 heterocycles. The predicted octanol–water partition coefficient (Wildman–Crippen LogP) is 2.77. The molecule has 0 aliphatic rings. The molecule has 0 amide bonds. The third-order valence-corrected chi connectivity index (χ3v) is 3.44. The highest BCUT2D eigenvalue weighted by atomic mass is 32.2. The zero-order chi connectivity index (χ0) is 16.8. The fraction of sp³-hybridized carbons (Fsp3) is 0.0667. The average molecular weight is 332 g/mol. The molecule has 8 heteroatoms. The van der Waals surface area contributed by atoms with E-state index in [0.717, 1.165) is 21.7 Å². The summed E-state index contributed by atoms with van der Waals surface area (Å²) < 4.78 is 5.71. The molecule has 3 aromatic rings. The number of hydrogen-bond donors (Lipinski definition) is 2. The number of carbonyl (C=O) groups is 2. The van der Waals surface area contributed by atoms with Crippen LogP contribution >= 0.6 is 11.8 Å². The maximum Gasteiger partial charge on any atom is 0.414 e. The molecule has 0 bridgehead atoms. The Hall–Kier alpha value is -2.87. The van der Waals surface area contributed by atoms with E-state index in [1.54, 1.807) is 18.0 Å². The van der Waals surface area contributed by atoms with Crippen molar-refractivity contribution < 1.29 is 24.2 Å². The number of hydrogen-bond acceptors (Lipinski definition) is 6. The van der Waals surface area contributed by atoms with Crippen molar-refractivity contribution in [2.24, 2.45) is 0 Å².